The standard InChI is InChI=1S/C19H23FO2S2/c20-17-6-4-13(5-7-17)12-22-18(21)14-10-15-2-1-3-16(11-14)19(15)23-8-9-24-19/h4-7,14-16H,1-3,8-12H2. The third kappa shape index (κ3) is 3.10. The molecule has 2 saturated carbocycles. The molecular weight excluding hydrogens is 343 g/mol. The van der Waals surface area contributed by atoms with Crippen LogP contribution >= 0.6 is 23.5 Å². The fourth-order valence-corrected chi connectivity index (χ4v) is 8.59. The molecule has 0 amide bonds. The summed E-state index contributed by atoms with van der Waals surface area (Å²) in [7, 11) is 0. The van der Waals surface area contributed by atoms with Crippen LogP contribution in [0, 0.1) is 23.6 Å². The Labute approximate surface area is 151 Å². The van der Waals surface area contributed by atoms with Crippen molar-refractivity contribution in [3.05, 3.63) is 35.6 Å². The molecule has 1 heterocycles. The van der Waals surface area contributed by atoms with Crippen molar-refractivity contribution in [2.45, 2.75) is 42.8 Å². The Morgan fingerprint density at radius 1 is 1.12 bits per heavy atom. The second-order valence-corrected chi connectivity index (χ2v) is 10.1. The van der Waals surface area contributed by atoms with E-state index < -0.39 is 0 Å². The van der Waals surface area contributed by atoms with Crippen molar-refractivity contribution in [2.24, 2.45) is 17.8 Å². The van der Waals surface area contributed by atoms with E-state index in [-0.39, 0.29) is 24.3 Å². The lowest BCUT2D eigenvalue weighted by atomic mass is 9.67. The molecule has 2 bridgehead atoms. The van der Waals surface area contributed by atoms with Gasteiger partial charge in [0.25, 0.3) is 0 Å². The molecule has 0 N–H and O–H groups in total. The number of hydrogen-bond donors (Lipinski definition) is 0. The summed E-state index contributed by atoms with van der Waals surface area (Å²) in [6, 6.07) is 6.18. The summed E-state index contributed by atoms with van der Waals surface area (Å²) in [4.78, 5) is 12.6. The van der Waals surface area contributed by atoms with Crippen molar-refractivity contribution in [1.29, 1.82) is 0 Å². The molecule has 2 aliphatic carbocycles. The highest BCUT2D eigenvalue weighted by atomic mass is 32.2. The van der Waals surface area contributed by atoms with Gasteiger partial charge in [-0.3, -0.25) is 4.79 Å². The van der Waals surface area contributed by atoms with Gasteiger partial charge in [0.2, 0.25) is 0 Å². The first kappa shape index (κ1) is 16.8. The van der Waals surface area contributed by atoms with Crippen molar-refractivity contribution < 1.29 is 13.9 Å². The number of hydrogen-bond acceptors (Lipinski definition) is 4. The van der Waals surface area contributed by atoms with E-state index in [4.69, 9.17) is 4.74 Å². The Hall–Kier alpha value is -0.680. The zero-order valence-electron chi connectivity index (χ0n) is 13.7. The molecule has 3 aliphatic rings. The monoisotopic (exact) mass is 366 g/mol. The molecule has 2 unspecified atom stereocenters. The van der Waals surface area contributed by atoms with Gasteiger partial charge in [0.1, 0.15) is 12.4 Å². The van der Waals surface area contributed by atoms with Crippen molar-refractivity contribution in [3.63, 3.8) is 0 Å². The van der Waals surface area contributed by atoms with Crippen LogP contribution in [-0.2, 0) is 16.1 Å². The summed E-state index contributed by atoms with van der Waals surface area (Å²) in [5.41, 5.74) is 0.846. The van der Waals surface area contributed by atoms with Gasteiger partial charge in [0.15, 0.2) is 0 Å². The molecule has 0 radical (unpaired) electrons. The molecule has 130 valence electrons. The normalized spacial score (nSPS) is 31.1. The zero-order valence-corrected chi connectivity index (χ0v) is 15.3. The predicted molar refractivity (Wildman–Crippen MR) is 97.4 cm³/mol. The van der Waals surface area contributed by atoms with Crippen LogP contribution < -0.4 is 0 Å². The molecule has 1 aromatic carbocycles. The molecule has 1 spiro atoms. The predicted octanol–water partition coefficient (Wildman–Crippen LogP) is 4.87. The maximum atomic E-state index is 12.9. The first-order chi connectivity index (χ1) is 11.7. The number of ether oxygens (including phenoxy) is 1. The summed E-state index contributed by atoms with van der Waals surface area (Å²) in [6.45, 7) is 0.250. The Morgan fingerprint density at radius 3 is 2.38 bits per heavy atom. The molecular formula is C19H23FO2S2. The second kappa shape index (κ2) is 6.91. The Kier molecular flexibility index (Phi) is 4.83. The van der Waals surface area contributed by atoms with E-state index in [1.54, 1.807) is 12.1 Å². The molecule has 1 saturated heterocycles. The lowest BCUT2D eigenvalue weighted by Crippen LogP contribution is -2.48. The van der Waals surface area contributed by atoms with E-state index in [9.17, 15) is 9.18 Å². The van der Waals surface area contributed by atoms with Crippen LogP contribution in [0.3, 0.4) is 0 Å². The van der Waals surface area contributed by atoms with Crippen LogP contribution in [0.2, 0.25) is 0 Å². The zero-order chi connectivity index (χ0) is 16.6. The summed E-state index contributed by atoms with van der Waals surface area (Å²) in [5, 5.41) is 0. The Bertz CT molecular complexity index is 582. The van der Waals surface area contributed by atoms with E-state index >= 15 is 0 Å². The maximum Gasteiger partial charge on any atom is 0.309 e. The lowest BCUT2D eigenvalue weighted by molar-refractivity contribution is -0.152. The van der Waals surface area contributed by atoms with E-state index in [1.165, 1.54) is 42.9 Å². The average Bonchev–Trinajstić information content (AvgIpc) is 3.03. The van der Waals surface area contributed by atoms with E-state index in [0.29, 0.717) is 15.9 Å². The third-order valence-corrected chi connectivity index (χ3v) is 9.77. The van der Waals surface area contributed by atoms with Crippen molar-refractivity contribution in [2.75, 3.05) is 11.5 Å². The van der Waals surface area contributed by atoms with Crippen LogP contribution in [0.5, 0.6) is 0 Å². The number of halogens is 1. The smallest absolute Gasteiger partial charge is 0.309 e. The topological polar surface area (TPSA) is 26.3 Å². The van der Waals surface area contributed by atoms with Crippen LogP contribution in [0.4, 0.5) is 4.39 Å². The van der Waals surface area contributed by atoms with Crippen LogP contribution in [-0.4, -0.2) is 21.6 Å². The van der Waals surface area contributed by atoms with Gasteiger partial charge in [-0.15, -0.1) is 23.5 Å². The van der Waals surface area contributed by atoms with E-state index in [0.717, 1.165) is 18.4 Å². The number of benzene rings is 1. The highest BCUT2D eigenvalue weighted by Gasteiger charge is 2.55. The van der Waals surface area contributed by atoms with Gasteiger partial charge in [-0.1, -0.05) is 18.6 Å². The van der Waals surface area contributed by atoms with Gasteiger partial charge in [-0.05, 0) is 55.2 Å². The molecule has 2 atom stereocenters. The number of esters is 1. The molecule has 5 heteroatoms. The minimum atomic E-state index is -0.262. The molecule has 1 aliphatic heterocycles. The van der Waals surface area contributed by atoms with E-state index in [2.05, 4.69) is 23.5 Å². The SMILES string of the molecule is O=C(OCc1ccc(F)cc1)C1CC2CCCC(C1)C21SCCS1. The Balaban J connectivity index is 1.38. The van der Waals surface area contributed by atoms with Gasteiger partial charge in [-0.25, -0.2) is 4.39 Å². The highest BCUT2D eigenvalue weighted by molar-refractivity contribution is 8.21. The van der Waals surface area contributed by atoms with Gasteiger partial charge in [0.05, 0.1) is 10.00 Å². The minimum absolute atomic E-state index is 0.0492. The highest BCUT2D eigenvalue weighted by Crippen LogP contribution is 2.64. The van der Waals surface area contributed by atoms with Gasteiger partial charge < -0.3 is 4.74 Å². The number of rotatable bonds is 3. The van der Waals surface area contributed by atoms with Gasteiger partial charge in [-0.2, -0.15) is 0 Å². The quantitative estimate of drug-likeness (QED) is 0.713. The van der Waals surface area contributed by atoms with Crippen LogP contribution in [0.1, 0.15) is 37.7 Å². The molecule has 1 aromatic rings. The average molecular weight is 367 g/mol. The minimum Gasteiger partial charge on any atom is -0.461 e. The summed E-state index contributed by atoms with van der Waals surface area (Å²) in [6.07, 6.45) is 5.81. The van der Waals surface area contributed by atoms with Crippen molar-refractivity contribution in [1.82, 2.24) is 0 Å². The summed E-state index contributed by atoms with van der Waals surface area (Å²) < 4.78 is 18.9. The Morgan fingerprint density at radius 2 is 1.75 bits per heavy atom. The summed E-state index contributed by atoms with van der Waals surface area (Å²) >= 11 is 4.32. The number of thioether (sulfide) groups is 2. The second-order valence-electron chi connectivity index (χ2n) is 7.15. The van der Waals surface area contributed by atoms with Crippen molar-refractivity contribution in [3.8, 4) is 0 Å². The molecule has 0 aromatic heterocycles. The van der Waals surface area contributed by atoms with Gasteiger partial charge >= 0.3 is 5.97 Å². The molecule has 4 rings (SSSR count). The van der Waals surface area contributed by atoms with E-state index in [1.807, 2.05) is 0 Å². The first-order valence-electron chi connectivity index (χ1n) is 8.86. The third-order valence-electron chi connectivity index (χ3n) is 5.75. The number of carbonyl (C=O) groups is 1. The van der Waals surface area contributed by atoms with Gasteiger partial charge in [0, 0.05) is 11.5 Å². The fourth-order valence-electron chi connectivity index (χ4n) is 4.65. The fraction of sp³-hybridized carbons (Fsp3) is 0.632. The van der Waals surface area contributed by atoms with Crippen LogP contribution in [0.25, 0.3) is 0 Å². The largest absolute Gasteiger partial charge is 0.461 e. The number of carbonyl (C=O) groups excluding carboxylic acids is 1. The molecule has 2 nitrogen and oxygen atoms in total. The summed E-state index contributed by atoms with van der Waals surface area (Å²) in [5.74, 6) is 3.57. The first-order valence-corrected chi connectivity index (χ1v) is 10.8. The lowest BCUT2D eigenvalue weighted by Gasteiger charge is -2.51. The molecule has 3 fully saturated rings. The van der Waals surface area contributed by atoms with Crippen molar-refractivity contribution >= 4 is 29.5 Å². The molecule has 24 heavy (non-hydrogen) atoms. The van der Waals surface area contributed by atoms with Crippen LogP contribution in [0.15, 0.2) is 24.3 Å². The maximum absolute atomic E-state index is 12.9.